The average Bonchev–Trinajstić information content (AvgIpc) is 2.55. The van der Waals surface area contributed by atoms with Crippen LogP contribution in [0.2, 0.25) is 0 Å². The second kappa shape index (κ2) is 2.99. The maximum Gasteiger partial charge on any atom is 0.120 e. The van der Waals surface area contributed by atoms with E-state index in [2.05, 4.69) is 11.8 Å². The van der Waals surface area contributed by atoms with Gasteiger partial charge in [-0.15, -0.1) is 0 Å². The molecule has 70 valence electrons. The molecule has 2 rings (SSSR count). The molecule has 0 aromatic carbocycles. The third kappa shape index (κ3) is 1.00. The van der Waals surface area contributed by atoms with Crippen molar-refractivity contribution < 1.29 is 4.39 Å². The minimum Gasteiger partial charge on any atom is -0.295 e. The van der Waals surface area contributed by atoms with E-state index in [0.717, 1.165) is 38.8 Å². The fourth-order valence-electron chi connectivity index (χ4n) is 3.06. The predicted molar refractivity (Wildman–Crippen MR) is 48.0 cm³/mol. The number of halogens is 1. The van der Waals surface area contributed by atoms with Crippen LogP contribution in [0.5, 0.6) is 0 Å². The molecular weight excluding hydrogens is 153 g/mol. The maximum absolute atomic E-state index is 13.7. The molecule has 2 heterocycles. The van der Waals surface area contributed by atoms with E-state index in [-0.39, 0.29) is 5.54 Å². The van der Waals surface area contributed by atoms with Gasteiger partial charge in [0.15, 0.2) is 0 Å². The summed E-state index contributed by atoms with van der Waals surface area (Å²) in [6.07, 6.45) is 4.73. The molecular formula is C10H18FN. The Hall–Kier alpha value is -0.110. The van der Waals surface area contributed by atoms with Crippen LogP contribution in [0.25, 0.3) is 0 Å². The molecule has 0 saturated carbocycles. The Balaban J connectivity index is 2.15. The lowest BCUT2D eigenvalue weighted by Gasteiger charge is -2.33. The van der Waals surface area contributed by atoms with Gasteiger partial charge in [0.25, 0.3) is 0 Å². The number of fused-ring (bicyclic) bond motifs is 1. The van der Waals surface area contributed by atoms with Crippen molar-refractivity contribution in [3.8, 4) is 0 Å². The highest BCUT2D eigenvalue weighted by Crippen LogP contribution is 2.43. The number of alkyl halides is 1. The highest BCUT2D eigenvalue weighted by molar-refractivity contribution is 5.05. The molecule has 0 aliphatic carbocycles. The van der Waals surface area contributed by atoms with Gasteiger partial charge in [0, 0.05) is 6.54 Å². The van der Waals surface area contributed by atoms with Crippen molar-refractivity contribution >= 4 is 0 Å². The molecule has 2 saturated heterocycles. The number of rotatable bonds is 2. The van der Waals surface area contributed by atoms with Crippen LogP contribution in [-0.2, 0) is 0 Å². The Kier molecular flexibility index (Phi) is 2.11. The van der Waals surface area contributed by atoms with Gasteiger partial charge in [-0.2, -0.15) is 0 Å². The summed E-state index contributed by atoms with van der Waals surface area (Å²) in [5.74, 6) is 0. The SMILES string of the molecule is CCCC12CCCN1CCC2F. The van der Waals surface area contributed by atoms with Crippen LogP contribution in [0.1, 0.15) is 39.0 Å². The van der Waals surface area contributed by atoms with Gasteiger partial charge in [-0.25, -0.2) is 4.39 Å². The summed E-state index contributed by atoms with van der Waals surface area (Å²) < 4.78 is 13.7. The van der Waals surface area contributed by atoms with E-state index < -0.39 is 6.17 Å². The van der Waals surface area contributed by atoms with Crippen molar-refractivity contribution in [2.24, 2.45) is 0 Å². The summed E-state index contributed by atoms with van der Waals surface area (Å²) in [6, 6.07) is 0. The van der Waals surface area contributed by atoms with Gasteiger partial charge < -0.3 is 0 Å². The molecule has 2 aliphatic heterocycles. The molecule has 12 heavy (non-hydrogen) atoms. The summed E-state index contributed by atoms with van der Waals surface area (Å²) >= 11 is 0. The van der Waals surface area contributed by atoms with Crippen molar-refractivity contribution in [2.75, 3.05) is 13.1 Å². The van der Waals surface area contributed by atoms with E-state index in [4.69, 9.17) is 0 Å². The Labute approximate surface area is 73.9 Å². The van der Waals surface area contributed by atoms with E-state index in [1.807, 2.05) is 0 Å². The molecule has 0 aromatic heterocycles. The van der Waals surface area contributed by atoms with E-state index in [1.165, 1.54) is 6.42 Å². The van der Waals surface area contributed by atoms with Crippen molar-refractivity contribution in [1.29, 1.82) is 0 Å². The lowest BCUT2D eigenvalue weighted by molar-refractivity contribution is 0.107. The van der Waals surface area contributed by atoms with Crippen LogP contribution in [0.4, 0.5) is 4.39 Å². The summed E-state index contributed by atoms with van der Waals surface area (Å²) in [5.41, 5.74) is -0.0191. The molecule has 0 radical (unpaired) electrons. The molecule has 0 aromatic rings. The zero-order valence-electron chi connectivity index (χ0n) is 7.85. The standard InChI is InChI=1S/C10H18FN/c1-2-5-10-6-3-7-12(10)8-4-9(10)11/h9H,2-8H2,1H3. The Morgan fingerprint density at radius 1 is 1.50 bits per heavy atom. The third-order valence-electron chi connectivity index (χ3n) is 3.59. The molecule has 1 nitrogen and oxygen atoms in total. The molecule has 0 bridgehead atoms. The molecule has 2 aliphatic rings. The van der Waals surface area contributed by atoms with Crippen molar-refractivity contribution in [3.63, 3.8) is 0 Å². The zero-order valence-corrected chi connectivity index (χ0v) is 7.85. The third-order valence-corrected chi connectivity index (χ3v) is 3.59. The van der Waals surface area contributed by atoms with Crippen LogP contribution < -0.4 is 0 Å². The molecule has 2 unspecified atom stereocenters. The first-order chi connectivity index (χ1) is 5.79. The van der Waals surface area contributed by atoms with Gasteiger partial charge >= 0.3 is 0 Å². The molecule has 0 N–H and O–H groups in total. The van der Waals surface area contributed by atoms with E-state index in [1.54, 1.807) is 0 Å². The first kappa shape index (κ1) is 8.49. The second-order valence-corrected chi connectivity index (χ2v) is 4.20. The molecule has 2 heteroatoms. The summed E-state index contributed by atoms with van der Waals surface area (Å²) in [7, 11) is 0. The first-order valence-electron chi connectivity index (χ1n) is 5.19. The van der Waals surface area contributed by atoms with E-state index in [9.17, 15) is 4.39 Å². The Morgan fingerprint density at radius 3 is 3.08 bits per heavy atom. The van der Waals surface area contributed by atoms with Crippen LogP contribution in [0, 0.1) is 0 Å². The molecule has 0 spiro atoms. The number of nitrogens with zero attached hydrogens (tertiary/aromatic N) is 1. The minimum absolute atomic E-state index is 0.0191. The number of hydrogen-bond donors (Lipinski definition) is 0. The smallest absolute Gasteiger partial charge is 0.120 e. The normalized spacial score (nSPS) is 42.0. The van der Waals surface area contributed by atoms with Gasteiger partial charge in [-0.3, -0.25) is 4.90 Å². The minimum atomic E-state index is -0.542. The quantitative estimate of drug-likeness (QED) is 0.616. The fourth-order valence-corrected chi connectivity index (χ4v) is 3.06. The second-order valence-electron chi connectivity index (χ2n) is 4.20. The maximum atomic E-state index is 13.7. The first-order valence-corrected chi connectivity index (χ1v) is 5.19. The van der Waals surface area contributed by atoms with Gasteiger partial charge in [-0.05, 0) is 32.2 Å². The van der Waals surface area contributed by atoms with Crippen LogP contribution in [-0.4, -0.2) is 29.7 Å². The van der Waals surface area contributed by atoms with Gasteiger partial charge in [0.2, 0.25) is 0 Å². The number of hydrogen-bond acceptors (Lipinski definition) is 1. The van der Waals surface area contributed by atoms with Crippen LogP contribution >= 0.6 is 0 Å². The average molecular weight is 171 g/mol. The lowest BCUT2D eigenvalue weighted by Crippen LogP contribution is -2.43. The Morgan fingerprint density at radius 2 is 2.33 bits per heavy atom. The van der Waals surface area contributed by atoms with E-state index in [0.29, 0.717) is 0 Å². The molecule has 0 amide bonds. The van der Waals surface area contributed by atoms with Gasteiger partial charge in [-0.1, -0.05) is 13.3 Å². The van der Waals surface area contributed by atoms with Gasteiger partial charge in [0.05, 0.1) is 5.54 Å². The largest absolute Gasteiger partial charge is 0.295 e. The highest BCUT2D eigenvalue weighted by atomic mass is 19.1. The van der Waals surface area contributed by atoms with Crippen molar-refractivity contribution in [3.05, 3.63) is 0 Å². The van der Waals surface area contributed by atoms with Crippen LogP contribution in [0.15, 0.2) is 0 Å². The Bertz CT molecular complexity index is 171. The topological polar surface area (TPSA) is 3.24 Å². The molecule has 2 fully saturated rings. The van der Waals surface area contributed by atoms with Crippen LogP contribution in [0.3, 0.4) is 0 Å². The van der Waals surface area contributed by atoms with Gasteiger partial charge in [0.1, 0.15) is 6.17 Å². The van der Waals surface area contributed by atoms with Crippen molar-refractivity contribution in [1.82, 2.24) is 4.90 Å². The summed E-state index contributed by atoms with van der Waals surface area (Å²) in [5, 5.41) is 0. The van der Waals surface area contributed by atoms with E-state index >= 15 is 0 Å². The monoisotopic (exact) mass is 171 g/mol. The predicted octanol–water partition coefficient (Wildman–Crippen LogP) is 2.36. The zero-order chi connectivity index (χ0) is 8.60. The lowest BCUT2D eigenvalue weighted by atomic mass is 9.88. The van der Waals surface area contributed by atoms with Crippen molar-refractivity contribution in [2.45, 2.75) is 50.7 Å². The fraction of sp³-hybridized carbons (Fsp3) is 1.00. The summed E-state index contributed by atoms with van der Waals surface area (Å²) in [4.78, 5) is 2.39. The summed E-state index contributed by atoms with van der Waals surface area (Å²) in [6.45, 7) is 4.30. The molecule has 2 atom stereocenters. The highest BCUT2D eigenvalue weighted by Gasteiger charge is 2.50.